The summed E-state index contributed by atoms with van der Waals surface area (Å²) in [7, 11) is 1.89. The lowest BCUT2D eigenvalue weighted by atomic mass is 9.65. The molecule has 1 fully saturated rings. The highest BCUT2D eigenvalue weighted by Gasteiger charge is 2.65. The Bertz CT molecular complexity index is 1190. The maximum absolute atomic E-state index is 14.1. The minimum Gasteiger partial charge on any atom is -0.292 e. The van der Waals surface area contributed by atoms with Crippen LogP contribution in [0, 0.1) is 23.2 Å². The van der Waals surface area contributed by atoms with Crippen molar-refractivity contribution < 1.29 is 4.79 Å². The number of rotatable bonds is 0. The van der Waals surface area contributed by atoms with Crippen molar-refractivity contribution in [3.63, 3.8) is 0 Å². The van der Waals surface area contributed by atoms with Gasteiger partial charge >= 0.3 is 0 Å². The number of aliphatic imine (C=N–C) groups is 1. The molecule has 1 amide bonds. The van der Waals surface area contributed by atoms with Crippen molar-refractivity contribution in [2.75, 3.05) is 13.3 Å². The van der Waals surface area contributed by atoms with Gasteiger partial charge in [-0.15, -0.1) is 0 Å². The predicted octanol–water partition coefficient (Wildman–Crippen LogP) is 4.96. The molecule has 2 spiro atoms. The number of fused-ring (bicyclic) bond motifs is 4. The number of thioether (sulfide) groups is 1. The zero-order valence-electron chi connectivity index (χ0n) is 18.8. The second-order valence-electron chi connectivity index (χ2n) is 9.81. The lowest BCUT2D eigenvalue weighted by Gasteiger charge is -2.40. The standard InChI is InChI=1S/C28H28N2OS/c1-30-25(31)28(29-26(30)32-2)24-17-20(10-9-19-7-8-19)11-12-23(24)18-27(28)15-13-21-5-3-4-6-22(21)14-16-27/h3-6,11-12,17,19H,7-8,13-16,18H2,1-2H3. The molecule has 0 radical (unpaired) electrons. The van der Waals surface area contributed by atoms with Gasteiger partial charge in [-0.1, -0.05) is 53.9 Å². The molecule has 0 bridgehead atoms. The normalized spacial score (nSPS) is 25.2. The monoisotopic (exact) mass is 440 g/mol. The van der Waals surface area contributed by atoms with Gasteiger partial charge in [0.15, 0.2) is 10.7 Å². The fraction of sp³-hybridized carbons (Fsp3) is 0.429. The second kappa shape index (κ2) is 7.25. The van der Waals surface area contributed by atoms with E-state index in [9.17, 15) is 4.79 Å². The highest BCUT2D eigenvalue weighted by Crippen LogP contribution is 2.61. The van der Waals surface area contributed by atoms with Crippen LogP contribution in [0.4, 0.5) is 0 Å². The van der Waals surface area contributed by atoms with Crippen molar-refractivity contribution in [2.24, 2.45) is 16.3 Å². The maximum Gasteiger partial charge on any atom is 0.261 e. The van der Waals surface area contributed by atoms with E-state index >= 15 is 0 Å². The summed E-state index contributed by atoms with van der Waals surface area (Å²) in [5.74, 6) is 7.47. The molecule has 0 N–H and O–H groups in total. The molecule has 3 aliphatic carbocycles. The molecule has 4 aliphatic rings. The number of amides is 1. The molecule has 0 saturated heterocycles. The van der Waals surface area contributed by atoms with Crippen molar-refractivity contribution in [3.05, 3.63) is 70.3 Å². The molecule has 2 aromatic carbocycles. The van der Waals surface area contributed by atoms with E-state index in [1.54, 1.807) is 16.7 Å². The van der Waals surface area contributed by atoms with E-state index in [0.29, 0.717) is 5.92 Å². The first-order valence-electron chi connectivity index (χ1n) is 11.7. The Morgan fingerprint density at radius 1 is 1.06 bits per heavy atom. The number of hydrogen-bond donors (Lipinski definition) is 0. The number of carbonyl (C=O) groups is 1. The van der Waals surface area contributed by atoms with Gasteiger partial charge in [0.25, 0.3) is 5.91 Å². The average Bonchev–Trinajstić information content (AvgIpc) is 3.59. The van der Waals surface area contributed by atoms with Crippen molar-refractivity contribution in [1.82, 2.24) is 4.90 Å². The number of likely N-dealkylation sites (N-methyl/N-ethyl adjacent to an activating group) is 1. The summed E-state index contributed by atoms with van der Waals surface area (Å²) in [6, 6.07) is 15.4. The van der Waals surface area contributed by atoms with Crippen LogP contribution < -0.4 is 0 Å². The SMILES string of the molecule is CSC1=NC2(C(=O)N1C)c1cc(C#CC3CC3)ccc1CC21CCc2ccccc2CC1. The molecule has 0 aromatic heterocycles. The minimum absolute atomic E-state index is 0.138. The van der Waals surface area contributed by atoms with Gasteiger partial charge in [0.1, 0.15) is 0 Å². The first-order chi connectivity index (χ1) is 15.6. The average molecular weight is 441 g/mol. The van der Waals surface area contributed by atoms with Crippen LogP contribution in [0.3, 0.4) is 0 Å². The molecule has 4 heteroatoms. The van der Waals surface area contributed by atoms with Gasteiger partial charge in [0.05, 0.1) is 0 Å². The predicted molar refractivity (Wildman–Crippen MR) is 131 cm³/mol. The Morgan fingerprint density at radius 2 is 1.78 bits per heavy atom. The van der Waals surface area contributed by atoms with Crippen molar-refractivity contribution in [1.29, 1.82) is 0 Å². The van der Waals surface area contributed by atoms with Crippen LogP contribution >= 0.6 is 11.8 Å². The van der Waals surface area contributed by atoms with Crippen LogP contribution in [0.2, 0.25) is 0 Å². The van der Waals surface area contributed by atoms with E-state index in [4.69, 9.17) is 4.99 Å². The van der Waals surface area contributed by atoms with E-state index in [1.165, 1.54) is 29.5 Å². The van der Waals surface area contributed by atoms with Gasteiger partial charge in [-0.3, -0.25) is 9.69 Å². The molecular weight excluding hydrogens is 412 g/mol. The number of benzene rings is 2. The van der Waals surface area contributed by atoms with E-state index in [1.807, 2.05) is 13.3 Å². The summed E-state index contributed by atoms with van der Waals surface area (Å²) >= 11 is 1.57. The number of nitrogens with zero attached hydrogens (tertiary/aromatic N) is 2. The van der Waals surface area contributed by atoms with Gasteiger partial charge < -0.3 is 0 Å². The van der Waals surface area contributed by atoms with Crippen LogP contribution in [0.25, 0.3) is 0 Å². The lowest BCUT2D eigenvalue weighted by Crippen LogP contribution is -2.49. The van der Waals surface area contributed by atoms with Gasteiger partial charge in [0.2, 0.25) is 0 Å². The van der Waals surface area contributed by atoms with E-state index in [-0.39, 0.29) is 11.3 Å². The molecule has 1 saturated carbocycles. The van der Waals surface area contributed by atoms with Crippen molar-refractivity contribution >= 4 is 22.8 Å². The molecule has 3 nitrogen and oxygen atoms in total. The van der Waals surface area contributed by atoms with Crippen LogP contribution in [-0.2, 0) is 29.6 Å². The summed E-state index contributed by atoms with van der Waals surface area (Å²) in [5.41, 5.74) is 5.24. The van der Waals surface area contributed by atoms with Crippen molar-refractivity contribution in [3.8, 4) is 11.8 Å². The summed E-state index contributed by atoms with van der Waals surface area (Å²) in [4.78, 5) is 21.1. The minimum atomic E-state index is -0.825. The van der Waals surface area contributed by atoms with Gasteiger partial charge in [-0.05, 0) is 85.6 Å². The molecule has 1 heterocycles. The summed E-state index contributed by atoms with van der Waals surface area (Å²) in [6.07, 6.45) is 9.33. The van der Waals surface area contributed by atoms with Crippen LogP contribution in [0.15, 0.2) is 47.5 Å². The summed E-state index contributed by atoms with van der Waals surface area (Å²) in [5, 5.41) is 0.832. The zero-order chi connectivity index (χ0) is 21.9. The lowest BCUT2D eigenvalue weighted by molar-refractivity contribution is -0.135. The first kappa shape index (κ1) is 20.1. The molecule has 162 valence electrons. The molecule has 1 unspecified atom stereocenters. The number of amidine groups is 1. The summed E-state index contributed by atoms with van der Waals surface area (Å²) < 4.78 is 0. The third-order valence-corrected chi connectivity index (χ3v) is 8.74. The third-order valence-electron chi connectivity index (χ3n) is 8.01. The number of carbonyl (C=O) groups excluding carboxylic acids is 1. The largest absolute Gasteiger partial charge is 0.292 e. The second-order valence-corrected chi connectivity index (χ2v) is 10.6. The molecule has 6 rings (SSSR count). The molecule has 1 aliphatic heterocycles. The zero-order valence-corrected chi connectivity index (χ0v) is 19.6. The number of aryl methyl sites for hydroxylation is 2. The maximum atomic E-state index is 14.1. The topological polar surface area (TPSA) is 32.7 Å². The molecule has 1 atom stereocenters. The van der Waals surface area contributed by atoms with Crippen LogP contribution in [0.5, 0.6) is 0 Å². The van der Waals surface area contributed by atoms with Crippen LogP contribution in [0.1, 0.15) is 53.5 Å². The smallest absolute Gasteiger partial charge is 0.261 e. The Labute approximate surface area is 194 Å². The third kappa shape index (κ3) is 2.83. The van der Waals surface area contributed by atoms with Crippen molar-refractivity contribution in [2.45, 2.75) is 50.5 Å². The fourth-order valence-electron chi connectivity index (χ4n) is 6.09. The van der Waals surface area contributed by atoms with Gasteiger partial charge in [0, 0.05) is 23.9 Å². The highest BCUT2D eigenvalue weighted by atomic mass is 32.2. The van der Waals surface area contributed by atoms with E-state index < -0.39 is 5.54 Å². The molecule has 2 aromatic rings. The van der Waals surface area contributed by atoms with Crippen LogP contribution in [-0.4, -0.2) is 29.3 Å². The first-order valence-corrected chi connectivity index (χ1v) is 12.9. The quantitative estimate of drug-likeness (QED) is 0.543. The molecule has 32 heavy (non-hydrogen) atoms. The molecular formula is C28H28N2OS. The fourth-order valence-corrected chi connectivity index (χ4v) is 6.68. The van der Waals surface area contributed by atoms with Gasteiger partial charge in [-0.2, -0.15) is 0 Å². The highest BCUT2D eigenvalue weighted by molar-refractivity contribution is 8.13. The Hall–Kier alpha value is -2.51. The van der Waals surface area contributed by atoms with E-state index in [2.05, 4.69) is 54.3 Å². The Kier molecular flexibility index (Phi) is 4.56. The van der Waals surface area contributed by atoms with Gasteiger partial charge in [-0.25, -0.2) is 4.99 Å². The Morgan fingerprint density at radius 3 is 2.41 bits per heavy atom. The number of hydrogen-bond acceptors (Lipinski definition) is 3. The summed E-state index contributed by atoms with van der Waals surface area (Å²) in [6.45, 7) is 0. The Balaban J connectivity index is 1.51. The van der Waals surface area contributed by atoms with E-state index in [0.717, 1.165) is 48.4 Å².